The van der Waals surface area contributed by atoms with Crippen LogP contribution in [0.15, 0.2) is 53.7 Å². The highest BCUT2D eigenvalue weighted by molar-refractivity contribution is 7.89. The normalized spacial score (nSPS) is 19.9. The molecule has 1 N–H and O–H groups in total. The van der Waals surface area contributed by atoms with Crippen molar-refractivity contribution < 1.29 is 18.0 Å². The summed E-state index contributed by atoms with van der Waals surface area (Å²) in [7, 11) is -3.49. The van der Waals surface area contributed by atoms with Gasteiger partial charge in [-0.1, -0.05) is 6.07 Å². The summed E-state index contributed by atoms with van der Waals surface area (Å²) in [5.74, 6) is -0.767. The van der Waals surface area contributed by atoms with Crippen LogP contribution in [0.5, 0.6) is 0 Å². The summed E-state index contributed by atoms with van der Waals surface area (Å²) in [6, 6.07) is 10.0. The largest absolute Gasteiger partial charge is 0.352 e. The molecule has 30 heavy (non-hydrogen) atoms. The average Bonchev–Trinajstić information content (AvgIpc) is 3.43. The van der Waals surface area contributed by atoms with Gasteiger partial charge in [0.1, 0.15) is 0 Å². The van der Waals surface area contributed by atoms with Crippen molar-refractivity contribution in [1.82, 2.24) is 14.6 Å². The molecule has 2 amide bonds. The van der Waals surface area contributed by atoms with Crippen LogP contribution in [-0.2, 0) is 26.2 Å². The fourth-order valence-electron chi connectivity index (χ4n) is 3.84. The lowest BCUT2D eigenvalue weighted by atomic mass is 10.1. The molecule has 0 spiro atoms. The lowest BCUT2D eigenvalue weighted by Crippen LogP contribution is -2.32. The van der Waals surface area contributed by atoms with Crippen LogP contribution in [-0.4, -0.2) is 49.2 Å². The molecule has 1 aromatic heterocycles. The summed E-state index contributed by atoms with van der Waals surface area (Å²) in [6.07, 6.45) is 5.24. The molecule has 0 unspecified atom stereocenters. The molecular weight excluding hydrogens is 404 g/mol. The van der Waals surface area contributed by atoms with Gasteiger partial charge in [-0.25, -0.2) is 8.42 Å². The van der Waals surface area contributed by atoms with Gasteiger partial charge in [0.2, 0.25) is 21.8 Å². The smallest absolute Gasteiger partial charge is 0.243 e. The molecule has 1 aromatic carbocycles. The quantitative estimate of drug-likeness (QED) is 0.752. The molecule has 2 fully saturated rings. The zero-order valence-corrected chi connectivity index (χ0v) is 17.3. The molecule has 9 heteroatoms. The highest BCUT2D eigenvalue weighted by atomic mass is 32.2. The van der Waals surface area contributed by atoms with Crippen LogP contribution in [0, 0.1) is 5.92 Å². The number of amides is 2. The van der Waals surface area contributed by atoms with E-state index in [9.17, 15) is 18.0 Å². The molecule has 0 radical (unpaired) electrons. The predicted octanol–water partition coefficient (Wildman–Crippen LogP) is 1.54. The van der Waals surface area contributed by atoms with Gasteiger partial charge in [-0.05, 0) is 48.7 Å². The SMILES string of the molecule is O=C(NCc1cccnc1)[C@@H]1CC(=O)N(c2ccc(S(=O)(=O)N3CCCC3)cc2)C1. The zero-order chi connectivity index (χ0) is 21.1. The van der Waals surface area contributed by atoms with Crippen molar-refractivity contribution in [2.75, 3.05) is 24.5 Å². The molecule has 4 rings (SSSR count). The van der Waals surface area contributed by atoms with E-state index in [4.69, 9.17) is 0 Å². The molecule has 2 aliphatic heterocycles. The Morgan fingerprint density at radius 2 is 1.87 bits per heavy atom. The number of sulfonamides is 1. The highest BCUT2D eigenvalue weighted by Gasteiger charge is 2.35. The predicted molar refractivity (Wildman–Crippen MR) is 111 cm³/mol. The molecule has 8 nitrogen and oxygen atoms in total. The van der Waals surface area contributed by atoms with Crippen molar-refractivity contribution in [3.05, 3.63) is 54.4 Å². The Kier molecular flexibility index (Phi) is 5.83. The van der Waals surface area contributed by atoms with Gasteiger partial charge in [-0.3, -0.25) is 14.6 Å². The standard InChI is InChI=1S/C21H24N4O4S/c26-20-12-17(21(27)23-14-16-4-3-9-22-13-16)15-25(20)18-5-7-19(8-6-18)30(28,29)24-10-1-2-11-24/h3-9,13,17H,1-2,10-12,14-15H2,(H,23,27)/t17-/m1/s1. The van der Waals surface area contributed by atoms with E-state index in [-0.39, 0.29) is 29.7 Å². The number of hydrogen-bond donors (Lipinski definition) is 1. The van der Waals surface area contributed by atoms with Gasteiger partial charge in [0.15, 0.2) is 0 Å². The summed E-state index contributed by atoms with van der Waals surface area (Å²) in [5.41, 5.74) is 1.49. The molecule has 0 bridgehead atoms. The summed E-state index contributed by atoms with van der Waals surface area (Å²) >= 11 is 0. The molecule has 0 saturated carbocycles. The molecular formula is C21H24N4O4S. The number of anilines is 1. The van der Waals surface area contributed by atoms with E-state index in [1.165, 1.54) is 16.4 Å². The van der Waals surface area contributed by atoms with E-state index in [0.29, 0.717) is 25.3 Å². The fourth-order valence-corrected chi connectivity index (χ4v) is 5.36. The lowest BCUT2D eigenvalue weighted by Gasteiger charge is -2.19. The maximum atomic E-state index is 12.6. The van der Waals surface area contributed by atoms with Gasteiger partial charge < -0.3 is 10.2 Å². The van der Waals surface area contributed by atoms with Crippen molar-refractivity contribution in [2.45, 2.75) is 30.7 Å². The maximum Gasteiger partial charge on any atom is 0.243 e. The first-order chi connectivity index (χ1) is 14.4. The number of benzene rings is 1. The van der Waals surface area contributed by atoms with E-state index in [1.807, 2.05) is 6.07 Å². The Bertz CT molecular complexity index is 1020. The van der Waals surface area contributed by atoms with Crippen LogP contribution in [0.25, 0.3) is 0 Å². The molecule has 2 saturated heterocycles. The van der Waals surface area contributed by atoms with Crippen molar-refractivity contribution in [2.24, 2.45) is 5.92 Å². The number of nitrogens with one attached hydrogen (secondary N) is 1. The van der Waals surface area contributed by atoms with Crippen LogP contribution < -0.4 is 10.2 Å². The van der Waals surface area contributed by atoms with Crippen LogP contribution in [0.1, 0.15) is 24.8 Å². The third-order valence-corrected chi connectivity index (χ3v) is 7.45. The molecule has 2 aromatic rings. The summed E-state index contributed by atoms with van der Waals surface area (Å²) in [5, 5.41) is 2.85. The van der Waals surface area contributed by atoms with Gasteiger partial charge in [0, 0.05) is 50.7 Å². The number of hydrogen-bond acceptors (Lipinski definition) is 5. The van der Waals surface area contributed by atoms with Gasteiger partial charge in [-0.15, -0.1) is 0 Å². The molecule has 2 aliphatic rings. The summed E-state index contributed by atoms with van der Waals surface area (Å²) in [6.45, 7) is 1.73. The van der Waals surface area contributed by atoms with Crippen LogP contribution >= 0.6 is 0 Å². The number of rotatable bonds is 6. The Morgan fingerprint density at radius 1 is 1.13 bits per heavy atom. The fraction of sp³-hybridized carbons (Fsp3) is 0.381. The maximum absolute atomic E-state index is 12.6. The van der Waals surface area contributed by atoms with Crippen molar-refractivity contribution in [1.29, 1.82) is 0 Å². The number of pyridine rings is 1. The Balaban J connectivity index is 1.39. The monoisotopic (exact) mass is 428 g/mol. The lowest BCUT2D eigenvalue weighted by molar-refractivity contribution is -0.126. The van der Waals surface area contributed by atoms with Crippen molar-refractivity contribution in [3.63, 3.8) is 0 Å². The molecule has 3 heterocycles. The minimum Gasteiger partial charge on any atom is -0.352 e. The van der Waals surface area contributed by atoms with Gasteiger partial charge >= 0.3 is 0 Å². The molecule has 158 valence electrons. The second-order valence-corrected chi connectivity index (χ2v) is 9.53. The van der Waals surface area contributed by atoms with Crippen LogP contribution in [0.2, 0.25) is 0 Å². The van der Waals surface area contributed by atoms with Gasteiger partial charge in [0.25, 0.3) is 0 Å². The Labute approximate surface area is 175 Å². The first-order valence-corrected chi connectivity index (χ1v) is 11.5. The first-order valence-electron chi connectivity index (χ1n) is 10.0. The molecule has 0 aliphatic carbocycles. The second kappa shape index (κ2) is 8.53. The number of carbonyl (C=O) groups is 2. The van der Waals surface area contributed by atoms with Crippen LogP contribution in [0.3, 0.4) is 0 Å². The van der Waals surface area contributed by atoms with E-state index >= 15 is 0 Å². The Hall–Kier alpha value is -2.78. The first kappa shape index (κ1) is 20.5. The van der Waals surface area contributed by atoms with E-state index in [0.717, 1.165) is 18.4 Å². The second-order valence-electron chi connectivity index (χ2n) is 7.59. The zero-order valence-electron chi connectivity index (χ0n) is 16.5. The van der Waals surface area contributed by atoms with Gasteiger partial charge in [-0.2, -0.15) is 4.31 Å². The summed E-state index contributed by atoms with van der Waals surface area (Å²) < 4.78 is 26.8. The topological polar surface area (TPSA) is 99.7 Å². The third-order valence-electron chi connectivity index (χ3n) is 5.54. The minimum absolute atomic E-state index is 0.132. The number of aromatic nitrogens is 1. The average molecular weight is 429 g/mol. The Morgan fingerprint density at radius 3 is 2.53 bits per heavy atom. The van der Waals surface area contributed by atoms with Gasteiger partial charge in [0.05, 0.1) is 10.8 Å². The summed E-state index contributed by atoms with van der Waals surface area (Å²) in [4.78, 5) is 30.7. The highest BCUT2D eigenvalue weighted by Crippen LogP contribution is 2.28. The number of nitrogens with zero attached hydrogens (tertiary/aromatic N) is 3. The van der Waals surface area contributed by atoms with E-state index in [1.54, 1.807) is 35.5 Å². The van der Waals surface area contributed by atoms with E-state index in [2.05, 4.69) is 10.3 Å². The third kappa shape index (κ3) is 4.22. The van der Waals surface area contributed by atoms with Crippen LogP contribution in [0.4, 0.5) is 5.69 Å². The van der Waals surface area contributed by atoms with Crippen molar-refractivity contribution in [3.8, 4) is 0 Å². The van der Waals surface area contributed by atoms with Crippen molar-refractivity contribution >= 4 is 27.5 Å². The van der Waals surface area contributed by atoms with E-state index < -0.39 is 15.9 Å². The molecule has 1 atom stereocenters. The number of carbonyl (C=O) groups excluding carboxylic acids is 2. The minimum atomic E-state index is -3.49.